The molecule has 0 aromatic carbocycles. The fourth-order valence-corrected chi connectivity index (χ4v) is 4.22. The fraction of sp³-hybridized carbons (Fsp3) is 0.722. The minimum Gasteiger partial charge on any atom is -0.350 e. The summed E-state index contributed by atoms with van der Waals surface area (Å²) in [6.45, 7) is 3.28. The van der Waals surface area contributed by atoms with Crippen LogP contribution in [0.5, 0.6) is 0 Å². The Hall–Kier alpha value is -1.69. The minimum atomic E-state index is 0.304. The van der Waals surface area contributed by atoms with Crippen molar-refractivity contribution in [2.24, 2.45) is 0 Å². The van der Waals surface area contributed by atoms with Crippen LogP contribution in [0.4, 0.5) is 5.82 Å². The number of aromatic nitrogens is 2. The van der Waals surface area contributed by atoms with Crippen molar-refractivity contribution in [3.63, 3.8) is 0 Å². The van der Waals surface area contributed by atoms with Gasteiger partial charge in [0, 0.05) is 57.4 Å². The molecule has 1 amide bonds. The van der Waals surface area contributed by atoms with E-state index in [4.69, 9.17) is 0 Å². The molecule has 3 aliphatic rings. The number of rotatable bonds is 5. The molecule has 1 aromatic heterocycles. The predicted octanol–water partition coefficient (Wildman–Crippen LogP) is 1.53. The number of hydrogen-bond acceptors (Lipinski definition) is 5. The third kappa shape index (κ3) is 3.24. The molecule has 0 spiro atoms. The first kappa shape index (κ1) is 15.8. The van der Waals surface area contributed by atoms with Crippen LogP contribution in [0.25, 0.3) is 0 Å². The van der Waals surface area contributed by atoms with Crippen LogP contribution in [0.3, 0.4) is 0 Å². The summed E-state index contributed by atoms with van der Waals surface area (Å²) in [5.74, 6) is 1.39. The van der Waals surface area contributed by atoms with Gasteiger partial charge in [-0.3, -0.25) is 4.79 Å². The monoisotopic (exact) mass is 329 g/mol. The van der Waals surface area contributed by atoms with Gasteiger partial charge >= 0.3 is 0 Å². The van der Waals surface area contributed by atoms with Gasteiger partial charge in [0.05, 0.1) is 0 Å². The van der Waals surface area contributed by atoms with E-state index in [0.29, 0.717) is 24.0 Å². The number of nitrogens with zero attached hydrogens (tertiary/aromatic N) is 5. The highest BCUT2D eigenvalue weighted by Gasteiger charge is 2.37. The van der Waals surface area contributed by atoms with E-state index >= 15 is 0 Å². The molecular weight excluding hydrogens is 302 g/mol. The summed E-state index contributed by atoms with van der Waals surface area (Å²) < 4.78 is 0. The van der Waals surface area contributed by atoms with Crippen molar-refractivity contribution in [1.82, 2.24) is 19.8 Å². The van der Waals surface area contributed by atoms with Gasteiger partial charge in [0.15, 0.2) is 0 Å². The van der Waals surface area contributed by atoms with Crippen LogP contribution in [-0.2, 0) is 4.79 Å². The van der Waals surface area contributed by atoms with Crippen LogP contribution in [-0.4, -0.2) is 70.5 Å². The lowest BCUT2D eigenvalue weighted by Crippen LogP contribution is -2.49. The van der Waals surface area contributed by atoms with Crippen molar-refractivity contribution in [3.8, 4) is 0 Å². The van der Waals surface area contributed by atoms with Gasteiger partial charge in [0.25, 0.3) is 0 Å². The first-order valence-electron chi connectivity index (χ1n) is 9.25. The van der Waals surface area contributed by atoms with Gasteiger partial charge in [-0.15, -0.1) is 0 Å². The van der Waals surface area contributed by atoms with Gasteiger partial charge in [0.2, 0.25) is 5.91 Å². The van der Waals surface area contributed by atoms with Crippen LogP contribution in [0.1, 0.15) is 38.5 Å². The Balaban J connectivity index is 1.34. The molecule has 3 fully saturated rings. The van der Waals surface area contributed by atoms with Crippen molar-refractivity contribution in [2.45, 2.75) is 56.7 Å². The lowest BCUT2D eigenvalue weighted by molar-refractivity contribution is -0.127. The lowest BCUT2D eigenvalue weighted by Gasteiger charge is -2.40. The average molecular weight is 329 g/mol. The second-order valence-electron chi connectivity index (χ2n) is 7.43. The maximum absolute atomic E-state index is 11.7. The third-order valence-corrected chi connectivity index (χ3v) is 5.82. The standard InChI is InChI=1S/C18H27N5O/c1-21-16(4-5-18(21)24)12-22-10-7-15(8-11-22)23(14-2-3-14)17-6-9-19-13-20-17/h6,9,13-16H,2-5,7-8,10-12H2,1H3. The molecule has 1 saturated carbocycles. The molecule has 1 aliphatic carbocycles. The Bertz CT molecular complexity index is 568. The largest absolute Gasteiger partial charge is 0.350 e. The van der Waals surface area contributed by atoms with Crippen LogP contribution in [0.2, 0.25) is 0 Å². The summed E-state index contributed by atoms with van der Waals surface area (Å²) in [6, 6.07) is 3.72. The van der Waals surface area contributed by atoms with Crippen molar-refractivity contribution < 1.29 is 4.79 Å². The van der Waals surface area contributed by atoms with Gasteiger partial charge in [-0.1, -0.05) is 0 Å². The van der Waals surface area contributed by atoms with Crippen molar-refractivity contribution in [1.29, 1.82) is 0 Å². The van der Waals surface area contributed by atoms with Gasteiger partial charge in [-0.25, -0.2) is 9.97 Å². The second-order valence-corrected chi connectivity index (χ2v) is 7.43. The van der Waals surface area contributed by atoms with Gasteiger partial charge in [-0.2, -0.15) is 0 Å². The summed E-state index contributed by atoms with van der Waals surface area (Å²) in [5, 5.41) is 0. The van der Waals surface area contributed by atoms with E-state index < -0.39 is 0 Å². The van der Waals surface area contributed by atoms with E-state index in [-0.39, 0.29) is 0 Å². The number of carbonyl (C=O) groups excluding carboxylic acids is 1. The highest BCUT2D eigenvalue weighted by atomic mass is 16.2. The Morgan fingerprint density at radius 1 is 1.17 bits per heavy atom. The number of hydrogen-bond donors (Lipinski definition) is 0. The van der Waals surface area contributed by atoms with E-state index in [0.717, 1.165) is 38.3 Å². The van der Waals surface area contributed by atoms with E-state index in [1.807, 2.05) is 24.2 Å². The summed E-state index contributed by atoms with van der Waals surface area (Å²) in [4.78, 5) is 27.3. The molecule has 1 atom stereocenters. The zero-order valence-corrected chi connectivity index (χ0v) is 14.5. The van der Waals surface area contributed by atoms with Crippen LogP contribution in [0, 0.1) is 0 Å². The van der Waals surface area contributed by atoms with E-state index in [1.54, 1.807) is 6.33 Å². The number of anilines is 1. The summed E-state index contributed by atoms with van der Waals surface area (Å²) in [5.41, 5.74) is 0. The average Bonchev–Trinajstić information content (AvgIpc) is 3.40. The van der Waals surface area contributed by atoms with Crippen molar-refractivity contribution >= 4 is 11.7 Å². The smallest absolute Gasteiger partial charge is 0.222 e. The second kappa shape index (κ2) is 6.67. The lowest BCUT2D eigenvalue weighted by atomic mass is 10.0. The molecule has 130 valence electrons. The Kier molecular flexibility index (Phi) is 4.39. The summed E-state index contributed by atoms with van der Waals surface area (Å²) >= 11 is 0. The molecule has 24 heavy (non-hydrogen) atoms. The number of likely N-dealkylation sites (tertiary alicyclic amines) is 2. The molecule has 6 heteroatoms. The molecule has 2 aliphatic heterocycles. The topological polar surface area (TPSA) is 52.6 Å². The van der Waals surface area contributed by atoms with Crippen LogP contribution in [0.15, 0.2) is 18.6 Å². The number of carbonyl (C=O) groups is 1. The quantitative estimate of drug-likeness (QED) is 0.820. The minimum absolute atomic E-state index is 0.304. The van der Waals surface area contributed by atoms with Gasteiger partial charge in [0.1, 0.15) is 12.1 Å². The third-order valence-electron chi connectivity index (χ3n) is 5.82. The van der Waals surface area contributed by atoms with Gasteiger partial charge in [-0.05, 0) is 38.2 Å². The van der Waals surface area contributed by atoms with Crippen molar-refractivity contribution in [2.75, 3.05) is 31.6 Å². The number of piperidine rings is 1. The normalized spacial score (nSPS) is 26.1. The molecule has 4 rings (SSSR count). The summed E-state index contributed by atoms with van der Waals surface area (Å²) in [6.07, 6.45) is 10.2. The van der Waals surface area contributed by atoms with E-state index in [9.17, 15) is 4.79 Å². The predicted molar refractivity (Wildman–Crippen MR) is 92.8 cm³/mol. The molecule has 2 saturated heterocycles. The molecular formula is C18H27N5O. The number of amides is 1. The van der Waals surface area contributed by atoms with E-state index in [1.165, 1.54) is 25.7 Å². The Morgan fingerprint density at radius 2 is 1.92 bits per heavy atom. The van der Waals surface area contributed by atoms with Crippen molar-refractivity contribution in [3.05, 3.63) is 18.6 Å². The molecule has 0 bridgehead atoms. The first-order valence-corrected chi connectivity index (χ1v) is 9.25. The fourth-order valence-electron chi connectivity index (χ4n) is 4.22. The number of likely N-dealkylation sites (N-methyl/N-ethyl adjacent to an activating group) is 1. The Morgan fingerprint density at radius 3 is 2.50 bits per heavy atom. The highest BCUT2D eigenvalue weighted by Crippen LogP contribution is 2.35. The summed E-state index contributed by atoms with van der Waals surface area (Å²) in [7, 11) is 1.96. The zero-order valence-electron chi connectivity index (χ0n) is 14.5. The molecule has 0 radical (unpaired) electrons. The maximum atomic E-state index is 11.7. The van der Waals surface area contributed by atoms with Crippen LogP contribution >= 0.6 is 0 Å². The highest BCUT2D eigenvalue weighted by molar-refractivity contribution is 5.78. The molecule has 0 N–H and O–H groups in total. The zero-order chi connectivity index (χ0) is 16.5. The van der Waals surface area contributed by atoms with Gasteiger partial charge < -0.3 is 14.7 Å². The Labute approximate surface area is 143 Å². The first-order chi connectivity index (χ1) is 11.7. The molecule has 1 aromatic rings. The maximum Gasteiger partial charge on any atom is 0.222 e. The molecule has 3 heterocycles. The molecule has 6 nitrogen and oxygen atoms in total. The molecule has 1 unspecified atom stereocenters. The van der Waals surface area contributed by atoms with E-state index in [2.05, 4.69) is 19.8 Å². The van der Waals surface area contributed by atoms with Crippen LogP contribution < -0.4 is 4.90 Å². The SMILES string of the molecule is CN1C(=O)CCC1CN1CCC(N(c2ccncn2)C2CC2)CC1.